The third-order valence-electron chi connectivity index (χ3n) is 5.63. The van der Waals surface area contributed by atoms with Crippen LogP contribution in [0.1, 0.15) is 24.1 Å². The highest BCUT2D eigenvalue weighted by Crippen LogP contribution is 2.45. The average molecular weight is 493 g/mol. The van der Waals surface area contributed by atoms with Crippen LogP contribution in [-0.4, -0.2) is 28.4 Å². The quantitative estimate of drug-likeness (QED) is 0.223. The molecule has 0 bridgehead atoms. The number of rotatable bonds is 5. The van der Waals surface area contributed by atoms with Crippen molar-refractivity contribution in [2.24, 2.45) is 0 Å². The first-order valence-electron chi connectivity index (χ1n) is 10.7. The number of carbonyl (C=O) groups excluding carboxylic acids is 2. The Morgan fingerprint density at radius 1 is 1.09 bits per heavy atom. The Hall–Kier alpha value is -4.11. The van der Waals surface area contributed by atoms with E-state index in [0.717, 1.165) is 28.4 Å². The number of hydrogen-bond donors (Lipinski definition) is 1. The molecule has 1 saturated heterocycles. The van der Waals surface area contributed by atoms with Gasteiger partial charge in [-0.2, -0.15) is 0 Å². The molecule has 2 heterocycles. The summed E-state index contributed by atoms with van der Waals surface area (Å²) in [6, 6.07) is 14.5. The summed E-state index contributed by atoms with van der Waals surface area (Å²) in [5.41, 5.74) is 0.406. The molecule has 1 aromatic heterocycles. The highest BCUT2D eigenvalue weighted by Gasteiger charge is 2.49. The number of Topliss-reactive ketones (excluding diaryl/α,β-unsaturated/α-hetero) is 1. The van der Waals surface area contributed by atoms with Gasteiger partial charge in [0.15, 0.2) is 5.13 Å². The molecule has 0 spiro atoms. The number of ether oxygens (including phenoxy) is 1. The van der Waals surface area contributed by atoms with Crippen LogP contribution in [0, 0.1) is 11.6 Å². The van der Waals surface area contributed by atoms with E-state index >= 15 is 0 Å². The first kappa shape index (κ1) is 22.7. The normalized spacial score (nSPS) is 17.3. The Morgan fingerprint density at radius 2 is 1.83 bits per heavy atom. The van der Waals surface area contributed by atoms with E-state index in [1.54, 1.807) is 24.3 Å². The molecule has 1 N–H and O–H groups in total. The number of aliphatic hydroxyl groups excluding tert-OH is 1. The van der Waals surface area contributed by atoms with Crippen molar-refractivity contribution in [1.29, 1.82) is 0 Å². The van der Waals surface area contributed by atoms with Crippen molar-refractivity contribution in [1.82, 2.24) is 4.98 Å². The zero-order chi connectivity index (χ0) is 24.7. The van der Waals surface area contributed by atoms with Crippen LogP contribution in [-0.2, 0) is 9.59 Å². The van der Waals surface area contributed by atoms with Crippen LogP contribution < -0.4 is 9.64 Å². The fourth-order valence-corrected chi connectivity index (χ4v) is 5.06. The van der Waals surface area contributed by atoms with Gasteiger partial charge in [0.1, 0.15) is 29.2 Å². The molecule has 1 aliphatic rings. The Bertz CT molecular complexity index is 1500. The highest BCUT2D eigenvalue weighted by atomic mass is 32.1. The molecule has 6 nitrogen and oxygen atoms in total. The zero-order valence-corrected chi connectivity index (χ0v) is 19.2. The van der Waals surface area contributed by atoms with Gasteiger partial charge in [-0.1, -0.05) is 29.5 Å². The number of nitrogens with zero attached hydrogens (tertiary/aromatic N) is 2. The van der Waals surface area contributed by atoms with Crippen LogP contribution in [0.3, 0.4) is 0 Å². The number of ketones is 1. The number of fused-ring (bicyclic) bond motifs is 1. The molecule has 5 rings (SSSR count). The van der Waals surface area contributed by atoms with Crippen LogP contribution in [0.4, 0.5) is 13.9 Å². The molecule has 9 heteroatoms. The summed E-state index contributed by atoms with van der Waals surface area (Å²) < 4.78 is 34.6. The van der Waals surface area contributed by atoms with E-state index in [4.69, 9.17) is 4.74 Å². The minimum Gasteiger partial charge on any atom is -0.507 e. The molecule has 0 saturated carbocycles. The summed E-state index contributed by atoms with van der Waals surface area (Å²) in [5.74, 6) is -3.04. The minimum atomic E-state index is -1.27. The molecule has 1 aliphatic heterocycles. The van der Waals surface area contributed by atoms with Crippen molar-refractivity contribution in [3.05, 3.63) is 95.1 Å². The van der Waals surface area contributed by atoms with E-state index in [9.17, 15) is 23.5 Å². The molecule has 1 unspecified atom stereocenters. The SMILES string of the molecule is CCOc1ccc2nc(N3C(=O)C(=O)/C(=C(/O)c4ccc(F)cc4)C3c3ccccc3F)sc2c1. The first-order chi connectivity index (χ1) is 16.9. The van der Waals surface area contributed by atoms with Gasteiger partial charge >= 0.3 is 5.91 Å². The van der Waals surface area contributed by atoms with Gasteiger partial charge in [0.2, 0.25) is 0 Å². The van der Waals surface area contributed by atoms with Crippen molar-refractivity contribution in [3.8, 4) is 5.75 Å². The molecular formula is C26H18F2N2O4S. The summed E-state index contributed by atoms with van der Waals surface area (Å²) in [5, 5.41) is 11.2. The Kier molecular flexibility index (Phi) is 5.78. The van der Waals surface area contributed by atoms with Gasteiger partial charge in [-0.05, 0) is 55.5 Å². The minimum absolute atomic E-state index is 0.0182. The van der Waals surface area contributed by atoms with Gasteiger partial charge < -0.3 is 9.84 Å². The number of hydrogen-bond acceptors (Lipinski definition) is 6. The maximum atomic E-state index is 15.0. The van der Waals surface area contributed by atoms with Crippen molar-refractivity contribution in [2.45, 2.75) is 13.0 Å². The summed E-state index contributed by atoms with van der Waals surface area (Å²) in [6.45, 7) is 2.33. The van der Waals surface area contributed by atoms with Gasteiger partial charge in [0.05, 0.1) is 22.4 Å². The fourth-order valence-electron chi connectivity index (χ4n) is 4.04. The lowest BCUT2D eigenvalue weighted by Crippen LogP contribution is -2.29. The molecule has 0 radical (unpaired) electrons. The zero-order valence-electron chi connectivity index (χ0n) is 18.4. The fraction of sp³-hybridized carbons (Fsp3) is 0.115. The van der Waals surface area contributed by atoms with Crippen molar-refractivity contribution in [3.63, 3.8) is 0 Å². The summed E-state index contributed by atoms with van der Waals surface area (Å²) in [6.07, 6.45) is 0. The van der Waals surface area contributed by atoms with E-state index < -0.39 is 35.1 Å². The van der Waals surface area contributed by atoms with Crippen molar-refractivity contribution >= 4 is 44.1 Å². The number of halogens is 2. The first-order valence-corrected chi connectivity index (χ1v) is 11.6. The second kappa shape index (κ2) is 8.92. The molecule has 0 aliphatic carbocycles. The second-order valence-corrected chi connectivity index (χ2v) is 8.77. The van der Waals surface area contributed by atoms with E-state index in [1.807, 2.05) is 6.92 Å². The summed E-state index contributed by atoms with van der Waals surface area (Å²) >= 11 is 1.14. The average Bonchev–Trinajstić information content (AvgIpc) is 3.37. The van der Waals surface area contributed by atoms with Crippen LogP contribution in [0.2, 0.25) is 0 Å². The Morgan fingerprint density at radius 3 is 2.54 bits per heavy atom. The number of anilines is 1. The Balaban J connectivity index is 1.71. The smallest absolute Gasteiger partial charge is 0.301 e. The molecule has 1 amide bonds. The molecule has 1 atom stereocenters. The number of aliphatic hydroxyl groups is 1. The summed E-state index contributed by atoms with van der Waals surface area (Å²) in [4.78, 5) is 32.0. The van der Waals surface area contributed by atoms with Crippen molar-refractivity contribution in [2.75, 3.05) is 11.5 Å². The monoisotopic (exact) mass is 492 g/mol. The predicted octanol–water partition coefficient (Wildman–Crippen LogP) is 5.60. The standard InChI is InChI=1S/C26H18F2N2O4S/c1-2-34-16-11-12-19-20(13-16)35-26(29-19)30-22(17-5-3-4-6-18(17)28)21(24(32)25(30)33)23(31)14-7-9-15(27)10-8-14/h3-13,22,31H,2H2,1H3/b23-21+. The van der Waals surface area contributed by atoms with E-state index in [1.165, 1.54) is 30.3 Å². The van der Waals surface area contributed by atoms with E-state index in [2.05, 4.69) is 4.98 Å². The summed E-state index contributed by atoms with van der Waals surface area (Å²) in [7, 11) is 0. The largest absolute Gasteiger partial charge is 0.507 e. The van der Waals surface area contributed by atoms with Crippen LogP contribution in [0.5, 0.6) is 5.75 Å². The van der Waals surface area contributed by atoms with Crippen LogP contribution in [0.25, 0.3) is 16.0 Å². The lowest BCUT2D eigenvalue weighted by atomic mass is 9.95. The maximum absolute atomic E-state index is 15.0. The molecule has 4 aromatic rings. The topological polar surface area (TPSA) is 79.7 Å². The third kappa shape index (κ3) is 3.93. The lowest BCUT2D eigenvalue weighted by Gasteiger charge is -2.23. The lowest BCUT2D eigenvalue weighted by molar-refractivity contribution is -0.132. The molecule has 3 aromatic carbocycles. The van der Waals surface area contributed by atoms with Gasteiger partial charge in [-0.25, -0.2) is 13.8 Å². The van der Waals surface area contributed by atoms with E-state index in [0.29, 0.717) is 22.6 Å². The van der Waals surface area contributed by atoms with Gasteiger partial charge in [0, 0.05) is 11.1 Å². The van der Waals surface area contributed by atoms with Crippen molar-refractivity contribution < 1.29 is 28.2 Å². The predicted molar refractivity (Wildman–Crippen MR) is 128 cm³/mol. The Labute approximate surface area is 202 Å². The number of thiazole rings is 1. The molecule has 35 heavy (non-hydrogen) atoms. The number of carbonyl (C=O) groups is 2. The second-order valence-electron chi connectivity index (χ2n) is 7.76. The molecular weight excluding hydrogens is 474 g/mol. The number of benzene rings is 3. The number of aromatic nitrogens is 1. The third-order valence-corrected chi connectivity index (χ3v) is 6.65. The van der Waals surface area contributed by atoms with Gasteiger partial charge in [0.25, 0.3) is 5.78 Å². The maximum Gasteiger partial charge on any atom is 0.301 e. The number of amides is 1. The molecule has 176 valence electrons. The van der Waals surface area contributed by atoms with Gasteiger partial charge in [-0.15, -0.1) is 0 Å². The van der Waals surface area contributed by atoms with Crippen LogP contribution in [0.15, 0.2) is 72.3 Å². The molecule has 1 fully saturated rings. The van der Waals surface area contributed by atoms with Crippen LogP contribution >= 0.6 is 11.3 Å². The highest BCUT2D eigenvalue weighted by molar-refractivity contribution is 7.22. The van der Waals surface area contributed by atoms with E-state index in [-0.39, 0.29) is 21.8 Å². The van der Waals surface area contributed by atoms with Gasteiger partial charge in [-0.3, -0.25) is 14.5 Å².